The van der Waals surface area contributed by atoms with E-state index in [1.165, 1.54) is 5.57 Å². The van der Waals surface area contributed by atoms with E-state index < -0.39 is 23.2 Å². The molecule has 0 amide bonds. The number of aliphatic hydroxyl groups is 2. The summed E-state index contributed by atoms with van der Waals surface area (Å²) in [5.41, 5.74) is 1.42. The first-order chi connectivity index (χ1) is 16.8. The van der Waals surface area contributed by atoms with Crippen LogP contribution in [0.5, 0.6) is 5.75 Å². The van der Waals surface area contributed by atoms with Crippen molar-refractivity contribution < 1.29 is 24.5 Å². The Morgan fingerprint density at radius 2 is 2.06 bits per heavy atom. The molecule has 3 aliphatic carbocycles. The second-order valence-electron chi connectivity index (χ2n) is 10.6. The van der Waals surface area contributed by atoms with E-state index in [1.807, 2.05) is 43.3 Å². The van der Waals surface area contributed by atoms with Gasteiger partial charge in [-0.1, -0.05) is 37.3 Å². The molecular formula is C29H33NO5. The highest BCUT2D eigenvalue weighted by Gasteiger charge is 2.68. The van der Waals surface area contributed by atoms with Gasteiger partial charge in [0.25, 0.3) is 0 Å². The second kappa shape index (κ2) is 7.92. The van der Waals surface area contributed by atoms with Crippen LogP contribution in [0.3, 0.4) is 0 Å². The predicted octanol–water partition coefficient (Wildman–Crippen LogP) is 3.41. The van der Waals surface area contributed by atoms with E-state index in [2.05, 4.69) is 24.1 Å². The highest BCUT2D eigenvalue weighted by molar-refractivity contribution is 6.07. The number of piperidine rings is 1. The van der Waals surface area contributed by atoms with Crippen LogP contribution >= 0.6 is 0 Å². The number of aliphatic hydroxyl groups excluding tert-OH is 1. The summed E-state index contributed by atoms with van der Waals surface area (Å²) in [6.45, 7) is 2.83. The van der Waals surface area contributed by atoms with Gasteiger partial charge in [-0.15, -0.1) is 0 Å². The molecule has 1 unspecified atom stereocenters. The molecule has 2 N–H and O–H groups in total. The van der Waals surface area contributed by atoms with Gasteiger partial charge in [0.2, 0.25) is 0 Å². The largest absolute Gasteiger partial charge is 0.497 e. The maximum absolute atomic E-state index is 14.0. The Morgan fingerprint density at radius 3 is 2.77 bits per heavy atom. The summed E-state index contributed by atoms with van der Waals surface area (Å²) >= 11 is 0. The Labute approximate surface area is 206 Å². The molecule has 1 aromatic rings. The van der Waals surface area contributed by atoms with Crippen LogP contribution in [-0.4, -0.2) is 65.4 Å². The molecule has 35 heavy (non-hydrogen) atoms. The van der Waals surface area contributed by atoms with Gasteiger partial charge >= 0.3 is 0 Å². The van der Waals surface area contributed by atoms with E-state index in [-0.39, 0.29) is 18.1 Å². The first-order valence-electron chi connectivity index (χ1n) is 12.6. The Bertz CT molecular complexity index is 1190. The standard InChI is InChI=1S/C29H33NO5/c1-4-18(15-17-5-7-20(34-3)8-6-17)25(32)29(33)12-11-19-16-22-21-9-10-23(31)26-28(21,13-14-30(22)2)24(19)27(29)35-26/h5-11,15,21-23,26,31,33H,4,12-14,16H2,1-3H3/b18-15+/t21-,22+,23-,26-,28-,29?/m0/s1. The molecule has 2 bridgehead atoms. The number of methoxy groups -OCH3 is 1. The lowest BCUT2D eigenvalue weighted by atomic mass is 9.51. The minimum Gasteiger partial charge on any atom is -0.497 e. The third-order valence-electron chi connectivity index (χ3n) is 9.00. The maximum atomic E-state index is 14.0. The fourth-order valence-electron chi connectivity index (χ4n) is 7.19. The maximum Gasteiger partial charge on any atom is 0.198 e. The number of likely N-dealkylation sites (tertiary alicyclic amines) is 1. The van der Waals surface area contributed by atoms with Crippen LogP contribution < -0.4 is 4.74 Å². The minimum absolute atomic E-state index is 0.188. The summed E-state index contributed by atoms with van der Waals surface area (Å²) in [6, 6.07) is 7.85. The van der Waals surface area contributed by atoms with Crippen LogP contribution in [0, 0.1) is 11.3 Å². The van der Waals surface area contributed by atoms with Crippen molar-refractivity contribution in [3.63, 3.8) is 0 Å². The molecule has 2 fully saturated rings. The molecule has 6 atom stereocenters. The number of Topliss-reactive ketones (excluding diaryl/α,β-unsaturated/α-hetero) is 1. The molecule has 6 rings (SSSR count). The van der Waals surface area contributed by atoms with E-state index in [0.717, 1.165) is 36.3 Å². The molecule has 2 aliphatic heterocycles. The lowest BCUT2D eigenvalue weighted by Crippen LogP contribution is -2.62. The third-order valence-corrected chi connectivity index (χ3v) is 9.00. The van der Waals surface area contributed by atoms with Crippen LogP contribution in [0.2, 0.25) is 0 Å². The number of carbonyl (C=O) groups excluding carboxylic acids is 1. The number of hydrogen-bond acceptors (Lipinski definition) is 6. The monoisotopic (exact) mass is 475 g/mol. The van der Waals surface area contributed by atoms with Gasteiger partial charge in [0.1, 0.15) is 23.7 Å². The zero-order chi connectivity index (χ0) is 24.5. The zero-order valence-electron chi connectivity index (χ0n) is 20.5. The summed E-state index contributed by atoms with van der Waals surface area (Å²) in [5, 5.41) is 23.0. The van der Waals surface area contributed by atoms with Gasteiger partial charge in [-0.25, -0.2) is 0 Å². The summed E-state index contributed by atoms with van der Waals surface area (Å²) < 4.78 is 11.7. The number of hydrogen-bond donors (Lipinski definition) is 2. The van der Waals surface area contributed by atoms with Crippen LogP contribution in [0.4, 0.5) is 0 Å². The molecule has 5 aliphatic rings. The Kier molecular flexibility index (Phi) is 5.15. The molecule has 1 saturated heterocycles. The molecule has 0 aromatic heterocycles. The minimum atomic E-state index is -1.76. The zero-order valence-corrected chi connectivity index (χ0v) is 20.5. The van der Waals surface area contributed by atoms with Crippen molar-refractivity contribution in [1.29, 1.82) is 0 Å². The highest BCUT2D eigenvalue weighted by Crippen LogP contribution is 2.66. The third kappa shape index (κ3) is 3.03. The van der Waals surface area contributed by atoms with E-state index >= 15 is 0 Å². The fourth-order valence-corrected chi connectivity index (χ4v) is 7.19. The van der Waals surface area contributed by atoms with Crippen molar-refractivity contribution in [2.45, 2.75) is 56.5 Å². The van der Waals surface area contributed by atoms with Crippen LogP contribution in [0.1, 0.15) is 38.2 Å². The molecule has 2 heterocycles. The van der Waals surface area contributed by atoms with Gasteiger partial charge < -0.3 is 24.6 Å². The Hall–Kier alpha value is -2.67. The van der Waals surface area contributed by atoms with Gasteiger partial charge in [-0.3, -0.25) is 4.79 Å². The number of ether oxygens (including phenoxy) is 2. The molecular weight excluding hydrogens is 442 g/mol. The van der Waals surface area contributed by atoms with E-state index in [4.69, 9.17) is 9.47 Å². The van der Waals surface area contributed by atoms with Crippen molar-refractivity contribution in [2.24, 2.45) is 11.3 Å². The number of nitrogens with zero attached hydrogens (tertiary/aromatic N) is 1. The topological polar surface area (TPSA) is 79.2 Å². The Morgan fingerprint density at radius 1 is 1.29 bits per heavy atom. The Balaban J connectivity index is 1.43. The predicted molar refractivity (Wildman–Crippen MR) is 133 cm³/mol. The van der Waals surface area contributed by atoms with Gasteiger partial charge in [-0.05, 0) is 67.8 Å². The molecule has 1 aromatic carbocycles. The molecule has 184 valence electrons. The summed E-state index contributed by atoms with van der Waals surface area (Å²) in [6.07, 6.45) is 9.02. The number of rotatable bonds is 5. The summed E-state index contributed by atoms with van der Waals surface area (Å²) in [7, 11) is 3.78. The number of ketones is 1. The van der Waals surface area contributed by atoms with E-state index in [0.29, 0.717) is 23.8 Å². The van der Waals surface area contributed by atoms with Crippen LogP contribution in [0.25, 0.3) is 6.08 Å². The van der Waals surface area contributed by atoms with Gasteiger partial charge in [0.15, 0.2) is 11.4 Å². The summed E-state index contributed by atoms with van der Waals surface area (Å²) in [4.78, 5) is 16.4. The highest BCUT2D eigenvalue weighted by atomic mass is 16.5. The van der Waals surface area contributed by atoms with Crippen molar-refractivity contribution >= 4 is 11.9 Å². The number of benzene rings is 1. The van der Waals surface area contributed by atoms with Crippen molar-refractivity contribution in [1.82, 2.24) is 4.90 Å². The first-order valence-corrected chi connectivity index (χ1v) is 12.6. The molecule has 6 heteroatoms. The van der Waals surface area contributed by atoms with Crippen molar-refractivity contribution in [2.75, 3.05) is 20.7 Å². The molecule has 1 spiro atoms. The van der Waals surface area contributed by atoms with E-state index in [9.17, 15) is 15.0 Å². The normalized spacial score (nSPS) is 37.5. The number of carbonyl (C=O) groups is 1. The molecule has 0 radical (unpaired) electrons. The van der Waals surface area contributed by atoms with Gasteiger partial charge in [-0.2, -0.15) is 0 Å². The first kappa shape index (κ1) is 22.8. The van der Waals surface area contributed by atoms with Crippen molar-refractivity contribution in [3.05, 3.63) is 70.5 Å². The average molecular weight is 476 g/mol. The lowest BCUT2D eigenvalue weighted by Gasteiger charge is -2.58. The van der Waals surface area contributed by atoms with Crippen LogP contribution in [0.15, 0.2) is 65.0 Å². The fraction of sp³-hybridized carbons (Fsp3) is 0.483. The molecule has 6 nitrogen and oxygen atoms in total. The second-order valence-corrected chi connectivity index (χ2v) is 10.6. The SMILES string of the molecule is CC/C(=C\c1ccc(OC)cc1)C(=O)C1(O)CC=C2C[C@@H]3[C@@H]4C=C[C@H](O)[C@@H]5OC1=C2[C@]45CCN3C. The molecule has 1 saturated carbocycles. The smallest absolute Gasteiger partial charge is 0.198 e. The van der Waals surface area contributed by atoms with Crippen LogP contribution in [-0.2, 0) is 9.53 Å². The van der Waals surface area contributed by atoms with E-state index in [1.54, 1.807) is 7.11 Å². The lowest BCUT2D eigenvalue weighted by molar-refractivity contribution is -0.137. The van der Waals surface area contributed by atoms with Gasteiger partial charge in [0, 0.05) is 29.4 Å². The summed E-state index contributed by atoms with van der Waals surface area (Å²) in [5.74, 6) is 1.00. The quantitative estimate of drug-likeness (QED) is 0.502. The van der Waals surface area contributed by atoms with Gasteiger partial charge in [0.05, 0.1) is 7.11 Å². The van der Waals surface area contributed by atoms with Crippen molar-refractivity contribution in [3.8, 4) is 5.75 Å². The average Bonchev–Trinajstić information content (AvgIpc) is 3.24.